The second-order valence-corrected chi connectivity index (χ2v) is 6.89. The maximum absolute atomic E-state index is 13.7. The average Bonchev–Trinajstić information content (AvgIpc) is 2.32. The van der Waals surface area contributed by atoms with Crippen LogP contribution in [-0.2, 0) is 10.0 Å². The van der Waals surface area contributed by atoms with Crippen LogP contribution in [0.1, 0.15) is 0 Å². The van der Waals surface area contributed by atoms with E-state index in [-0.39, 0.29) is 10.7 Å². The Labute approximate surface area is 128 Å². The molecule has 0 saturated heterocycles. The molecule has 4 nitrogen and oxygen atoms in total. The van der Waals surface area contributed by atoms with Gasteiger partial charge in [0.05, 0.1) is 10.7 Å². The first-order valence-electron chi connectivity index (χ1n) is 5.32. The quantitative estimate of drug-likeness (QED) is 0.800. The Morgan fingerprint density at radius 1 is 1.20 bits per heavy atom. The van der Waals surface area contributed by atoms with Crippen LogP contribution in [0.3, 0.4) is 0 Å². The van der Waals surface area contributed by atoms with Gasteiger partial charge in [-0.3, -0.25) is 4.72 Å². The van der Waals surface area contributed by atoms with Crippen LogP contribution < -0.4 is 10.5 Å². The van der Waals surface area contributed by atoms with Gasteiger partial charge in [0.15, 0.2) is 0 Å². The van der Waals surface area contributed by atoms with Gasteiger partial charge in [0.25, 0.3) is 10.0 Å². The Bertz CT molecular complexity index is 768. The van der Waals surface area contributed by atoms with Gasteiger partial charge >= 0.3 is 0 Å². The van der Waals surface area contributed by atoms with Crippen molar-refractivity contribution in [2.45, 2.75) is 4.90 Å². The molecule has 2 aromatic rings. The summed E-state index contributed by atoms with van der Waals surface area (Å²) < 4.78 is 40.6. The summed E-state index contributed by atoms with van der Waals surface area (Å²) in [6.07, 6.45) is 0. The third-order valence-corrected chi connectivity index (χ3v) is 4.63. The fraction of sp³-hybridized carbons (Fsp3) is 0. The van der Waals surface area contributed by atoms with E-state index >= 15 is 0 Å². The van der Waals surface area contributed by atoms with Gasteiger partial charge in [0, 0.05) is 10.2 Å². The van der Waals surface area contributed by atoms with E-state index in [1.807, 2.05) is 0 Å². The lowest BCUT2D eigenvalue weighted by Crippen LogP contribution is -2.15. The van der Waals surface area contributed by atoms with Crippen LogP contribution in [0.15, 0.2) is 45.8 Å². The normalized spacial score (nSPS) is 11.3. The molecule has 106 valence electrons. The number of halogens is 3. The molecule has 0 unspecified atom stereocenters. The molecule has 0 aliphatic heterocycles. The topological polar surface area (TPSA) is 72.2 Å². The fourth-order valence-electron chi connectivity index (χ4n) is 1.51. The van der Waals surface area contributed by atoms with Gasteiger partial charge in [-0.15, -0.1) is 0 Å². The second-order valence-electron chi connectivity index (χ2n) is 3.92. The Morgan fingerprint density at radius 2 is 1.90 bits per heavy atom. The minimum absolute atomic E-state index is 0.128. The van der Waals surface area contributed by atoms with Crippen molar-refractivity contribution in [1.82, 2.24) is 0 Å². The molecule has 3 N–H and O–H groups in total. The molecule has 0 aliphatic rings. The first-order valence-corrected chi connectivity index (χ1v) is 7.98. The van der Waals surface area contributed by atoms with Crippen molar-refractivity contribution in [1.29, 1.82) is 0 Å². The largest absolute Gasteiger partial charge is 0.399 e. The van der Waals surface area contributed by atoms with E-state index in [1.165, 1.54) is 24.3 Å². The van der Waals surface area contributed by atoms with Gasteiger partial charge in [-0.2, -0.15) is 0 Å². The molecule has 0 radical (unpaired) electrons. The van der Waals surface area contributed by atoms with Gasteiger partial charge < -0.3 is 5.73 Å². The molecule has 0 spiro atoms. The van der Waals surface area contributed by atoms with Crippen LogP contribution >= 0.6 is 27.5 Å². The lowest BCUT2D eigenvalue weighted by molar-refractivity contribution is 0.570. The minimum atomic E-state index is -4.07. The summed E-state index contributed by atoms with van der Waals surface area (Å²) in [5, 5.41) is 0.131. The Kier molecular flexibility index (Phi) is 4.22. The van der Waals surface area contributed by atoms with Gasteiger partial charge in [0.1, 0.15) is 10.7 Å². The second kappa shape index (κ2) is 5.59. The van der Waals surface area contributed by atoms with Crippen molar-refractivity contribution < 1.29 is 12.8 Å². The third-order valence-electron chi connectivity index (χ3n) is 2.42. The molecule has 2 rings (SSSR count). The van der Waals surface area contributed by atoms with Crippen molar-refractivity contribution >= 4 is 48.9 Å². The molecule has 20 heavy (non-hydrogen) atoms. The summed E-state index contributed by atoms with van der Waals surface area (Å²) in [6.45, 7) is 0. The molecule has 0 fully saturated rings. The van der Waals surface area contributed by atoms with Crippen LogP contribution in [0.4, 0.5) is 15.8 Å². The zero-order valence-electron chi connectivity index (χ0n) is 9.90. The number of hydrogen-bond acceptors (Lipinski definition) is 3. The zero-order valence-corrected chi connectivity index (χ0v) is 13.1. The van der Waals surface area contributed by atoms with E-state index in [2.05, 4.69) is 20.7 Å². The summed E-state index contributed by atoms with van der Waals surface area (Å²) in [7, 11) is -4.07. The molecule has 0 aliphatic carbocycles. The number of rotatable bonds is 3. The van der Waals surface area contributed by atoms with Crippen molar-refractivity contribution in [2.24, 2.45) is 0 Å². The Hall–Kier alpha value is -1.31. The maximum atomic E-state index is 13.7. The van der Waals surface area contributed by atoms with Crippen LogP contribution in [0.25, 0.3) is 0 Å². The highest BCUT2D eigenvalue weighted by Gasteiger charge is 2.20. The van der Waals surface area contributed by atoms with E-state index in [0.717, 1.165) is 12.1 Å². The third kappa shape index (κ3) is 3.23. The highest BCUT2D eigenvalue weighted by atomic mass is 79.9. The zero-order chi connectivity index (χ0) is 14.9. The summed E-state index contributed by atoms with van der Waals surface area (Å²) in [5.41, 5.74) is 6.04. The lowest BCUT2D eigenvalue weighted by atomic mass is 10.3. The number of hydrogen-bond donors (Lipinski definition) is 2. The summed E-state index contributed by atoms with van der Waals surface area (Å²) in [4.78, 5) is -0.464. The Morgan fingerprint density at radius 3 is 2.50 bits per heavy atom. The van der Waals surface area contributed by atoms with Gasteiger partial charge in [-0.25, -0.2) is 12.8 Å². The fourth-order valence-corrected chi connectivity index (χ4v) is 3.27. The highest BCUT2D eigenvalue weighted by Crippen LogP contribution is 2.27. The molecule has 8 heteroatoms. The molecule has 0 bridgehead atoms. The summed E-state index contributed by atoms with van der Waals surface area (Å²) >= 11 is 8.94. The van der Waals surface area contributed by atoms with E-state index in [4.69, 9.17) is 17.3 Å². The monoisotopic (exact) mass is 378 g/mol. The predicted octanol–water partition coefficient (Wildman–Crippen LogP) is 3.62. The first-order chi connectivity index (χ1) is 9.29. The standard InChI is InChI=1S/C12H9BrClFN2O2S/c13-7-1-4-12(10(15)5-7)20(18,19)17-11-3-2-8(16)6-9(11)14/h1-6,17H,16H2. The van der Waals surface area contributed by atoms with E-state index < -0.39 is 20.7 Å². The summed E-state index contributed by atoms with van der Waals surface area (Å²) in [6, 6.07) is 7.96. The molecule has 0 heterocycles. The summed E-state index contributed by atoms with van der Waals surface area (Å²) in [5.74, 6) is -0.863. The Balaban J connectivity index is 2.41. The van der Waals surface area contributed by atoms with Crippen LogP contribution in [-0.4, -0.2) is 8.42 Å². The van der Waals surface area contributed by atoms with Crippen molar-refractivity contribution in [2.75, 3.05) is 10.5 Å². The first kappa shape index (κ1) is 15.1. The highest BCUT2D eigenvalue weighted by molar-refractivity contribution is 9.10. The van der Waals surface area contributed by atoms with Crippen LogP contribution in [0, 0.1) is 5.82 Å². The molecule has 0 atom stereocenters. The smallest absolute Gasteiger partial charge is 0.264 e. The van der Waals surface area contributed by atoms with Gasteiger partial charge in [-0.05, 0) is 36.4 Å². The van der Waals surface area contributed by atoms with Crippen molar-refractivity contribution in [3.8, 4) is 0 Å². The minimum Gasteiger partial charge on any atom is -0.399 e. The number of nitrogens with two attached hydrogens (primary N) is 1. The molecular formula is C12H9BrClFN2O2S. The number of sulfonamides is 1. The predicted molar refractivity (Wildman–Crippen MR) is 80.8 cm³/mol. The molecule has 0 aromatic heterocycles. The van der Waals surface area contributed by atoms with Crippen LogP contribution in [0.2, 0.25) is 5.02 Å². The number of benzene rings is 2. The van der Waals surface area contributed by atoms with E-state index in [9.17, 15) is 12.8 Å². The van der Waals surface area contributed by atoms with E-state index in [0.29, 0.717) is 10.2 Å². The maximum Gasteiger partial charge on any atom is 0.264 e. The number of anilines is 2. The molecular weight excluding hydrogens is 371 g/mol. The molecule has 2 aromatic carbocycles. The molecule has 0 amide bonds. The van der Waals surface area contributed by atoms with Crippen molar-refractivity contribution in [3.63, 3.8) is 0 Å². The van der Waals surface area contributed by atoms with Crippen LogP contribution in [0.5, 0.6) is 0 Å². The van der Waals surface area contributed by atoms with Gasteiger partial charge in [0.2, 0.25) is 0 Å². The molecule has 0 saturated carbocycles. The lowest BCUT2D eigenvalue weighted by Gasteiger charge is -2.10. The SMILES string of the molecule is Nc1ccc(NS(=O)(=O)c2ccc(Br)cc2F)c(Cl)c1. The van der Waals surface area contributed by atoms with Crippen molar-refractivity contribution in [3.05, 3.63) is 51.7 Å². The number of nitrogens with one attached hydrogen (secondary N) is 1. The van der Waals surface area contributed by atoms with Gasteiger partial charge in [-0.1, -0.05) is 27.5 Å². The number of nitrogen functional groups attached to an aromatic ring is 1. The average molecular weight is 380 g/mol. The van der Waals surface area contributed by atoms with E-state index in [1.54, 1.807) is 0 Å².